The summed E-state index contributed by atoms with van der Waals surface area (Å²) in [7, 11) is 4.95. The Morgan fingerprint density at radius 1 is 1.26 bits per heavy atom. The molecular weight excluding hydrogens is 428 g/mol. The number of ether oxygens (including phenoxy) is 1. The predicted octanol–water partition coefficient (Wildman–Crippen LogP) is 4.53. The standard InChI is InChI=1S/C21H20ClF2N5O2/c1-29(2)7-6-16(24)21(30)28-18-9-13-17(10-19(18)31-3)25-11-26-20(13)27-12-4-5-15(23)14(22)8-12/h4-6,8-11H,7H2,1-3H3,(H,28,30)(H,25,26,27)/b16-6+. The van der Waals surface area contributed by atoms with E-state index in [4.69, 9.17) is 16.3 Å². The second-order valence-electron chi connectivity index (χ2n) is 6.81. The minimum atomic E-state index is -0.917. The normalized spacial score (nSPS) is 11.6. The fraction of sp³-hybridized carbons (Fsp3) is 0.190. The van der Waals surface area contributed by atoms with Crippen molar-refractivity contribution in [2.24, 2.45) is 0 Å². The Balaban J connectivity index is 1.97. The van der Waals surface area contributed by atoms with Crippen LogP contribution in [0, 0.1) is 5.82 Å². The summed E-state index contributed by atoms with van der Waals surface area (Å²) in [6, 6.07) is 7.31. The topological polar surface area (TPSA) is 79.4 Å². The molecule has 0 spiro atoms. The second kappa shape index (κ2) is 9.67. The molecule has 0 saturated carbocycles. The van der Waals surface area contributed by atoms with Crippen molar-refractivity contribution in [2.45, 2.75) is 0 Å². The molecule has 7 nitrogen and oxygen atoms in total. The van der Waals surface area contributed by atoms with Crippen LogP contribution in [-0.2, 0) is 4.79 Å². The van der Waals surface area contributed by atoms with E-state index in [0.29, 0.717) is 28.2 Å². The first kappa shape index (κ1) is 22.4. The number of nitrogens with one attached hydrogen (secondary N) is 2. The van der Waals surface area contributed by atoms with E-state index in [1.807, 2.05) is 0 Å². The number of benzene rings is 2. The van der Waals surface area contributed by atoms with Gasteiger partial charge in [0.1, 0.15) is 23.7 Å². The van der Waals surface area contributed by atoms with E-state index in [9.17, 15) is 13.6 Å². The number of aromatic nitrogens is 2. The highest BCUT2D eigenvalue weighted by Gasteiger charge is 2.16. The number of hydrogen-bond acceptors (Lipinski definition) is 6. The molecule has 0 atom stereocenters. The molecule has 2 N–H and O–H groups in total. The molecular formula is C21H20ClF2N5O2. The van der Waals surface area contributed by atoms with E-state index in [2.05, 4.69) is 20.6 Å². The Labute approximate surface area is 182 Å². The van der Waals surface area contributed by atoms with Crippen molar-refractivity contribution in [3.63, 3.8) is 0 Å². The molecule has 0 aliphatic rings. The van der Waals surface area contributed by atoms with Gasteiger partial charge < -0.3 is 20.3 Å². The minimum Gasteiger partial charge on any atom is -0.494 e. The predicted molar refractivity (Wildman–Crippen MR) is 117 cm³/mol. The van der Waals surface area contributed by atoms with E-state index in [0.717, 1.165) is 0 Å². The van der Waals surface area contributed by atoms with Gasteiger partial charge in [-0.1, -0.05) is 11.6 Å². The van der Waals surface area contributed by atoms with Crippen LogP contribution in [0.2, 0.25) is 5.02 Å². The summed E-state index contributed by atoms with van der Waals surface area (Å²) in [4.78, 5) is 22.4. The van der Waals surface area contributed by atoms with Crippen molar-refractivity contribution in [1.82, 2.24) is 14.9 Å². The number of fused-ring (bicyclic) bond motifs is 1. The first-order valence-electron chi connectivity index (χ1n) is 9.15. The number of nitrogens with zero attached hydrogens (tertiary/aromatic N) is 3. The molecule has 0 saturated heterocycles. The van der Waals surface area contributed by atoms with Gasteiger partial charge in [0, 0.05) is 23.7 Å². The van der Waals surface area contributed by atoms with Crippen LogP contribution in [0.25, 0.3) is 10.9 Å². The molecule has 10 heteroatoms. The average Bonchev–Trinajstić information content (AvgIpc) is 2.74. The zero-order valence-corrected chi connectivity index (χ0v) is 17.8. The summed E-state index contributed by atoms with van der Waals surface area (Å²) in [6.07, 6.45) is 2.52. The van der Waals surface area contributed by atoms with Gasteiger partial charge in [-0.05, 0) is 44.4 Å². The molecule has 3 rings (SSSR count). The summed E-state index contributed by atoms with van der Waals surface area (Å²) in [6.45, 7) is 0.274. The molecule has 0 fully saturated rings. The maximum atomic E-state index is 14.1. The van der Waals surface area contributed by atoms with Gasteiger partial charge in [-0.15, -0.1) is 0 Å². The maximum absolute atomic E-state index is 14.1. The van der Waals surface area contributed by atoms with Crippen molar-refractivity contribution >= 4 is 45.6 Å². The molecule has 162 valence electrons. The Morgan fingerprint density at radius 3 is 2.71 bits per heavy atom. The Bertz CT molecular complexity index is 1150. The molecule has 0 radical (unpaired) electrons. The van der Waals surface area contributed by atoms with E-state index in [-0.39, 0.29) is 17.3 Å². The van der Waals surface area contributed by atoms with Crippen LogP contribution in [0.15, 0.2) is 48.6 Å². The number of carbonyl (C=O) groups excluding carboxylic acids is 1. The number of methoxy groups -OCH3 is 1. The van der Waals surface area contributed by atoms with E-state index >= 15 is 0 Å². The lowest BCUT2D eigenvalue weighted by atomic mass is 10.1. The summed E-state index contributed by atoms with van der Waals surface area (Å²) < 4.78 is 32.9. The number of anilines is 3. The summed E-state index contributed by atoms with van der Waals surface area (Å²) in [5, 5.41) is 6.03. The SMILES string of the molecule is COc1cc2ncnc(Nc3ccc(F)c(Cl)c3)c2cc1NC(=O)/C(F)=C\CN(C)C. The van der Waals surface area contributed by atoms with Crippen molar-refractivity contribution in [3.8, 4) is 5.75 Å². The highest BCUT2D eigenvalue weighted by Crippen LogP contribution is 2.33. The first-order valence-corrected chi connectivity index (χ1v) is 9.53. The van der Waals surface area contributed by atoms with Gasteiger partial charge in [0.2, 0.25) is 0 Å². The third-order valence-corrected chi connectivity index (χ3v) is 4.53. The van der Waals surface area contributed by atoms with E-state index < -0.39 is 17.6 Å². The van der Waals surface area contributed by atoms with Crippen molar-refractivity contribution < 1.29 is 18.3 Å². The molecule has 1 heterocycles. The molecule has 0 aliphatic carbocycles. The minimum absolute atomic E-state index is 0.0435. The molecule has 2 aromatic carbocycles. The van der Waals surface area contributed by atoms with Gasteiger partial charge in [0.25, 0.3) is 5.91 Å². The van der Waals surface area contributed by atoms with Crippen molar-refractivity contribution in [1.29, 1.82) is 0 Å². The number of likely N-dealkylation sites (N-methyl/N-ethyl adjacent to an activating group) is 1. The van der Waals surface area contributed by atoms with Gasteiger partial charge in [-0.2, -0.15) is 0 Å². The molecule has 1 aromatic heterocycles. The Morgan fingerprint density at radius 2 is 2.03 bits per heavy atom. The lowest BCUT2D eigenvalue weighted by Crippen LogP contribution is -2.16. The van der Waals surface area contributed by atoms with E-state index in [1.165, 1.54) is 37.7 Å². The third kappa shape index (κ3) is 5.44. The molecule has 3 aromatic rings. The van der Waals surface area contributed by atoms with E-state index in [1.54, 1.807) is 31.1 Å². The highest BCUT2D eigenvalue weighted by atomic mass is 35.5. The first-order chi connectivity index (χ1) is 14.8. The molecule has 0 aliphatic heterocycles. The van der Waals surface area contributed by atoms with Crippen LogP contribution in [0.4, 0.5) is 26.0 Å². The maximum Gasteiger partial charge on any atom is 0.284 e. The molecule has 31 heavy (non-hydrogen) atoms. The van der Waals surface area contributed by atoms with Crippen LogP contribution < -0.4 is 15.4 Å². The smallest absolute Gasteiger partial charge is 0.284 e. The number of carbonyl (C=O) groups is 1. The van der Waals surface area contributed by atoms with Crippen molar-refractivity contribution in [2.75, 3.05) is 38.4 Å². The number of rotatable bonds is 7. The molecule has 0 bridgehead atoms. The lowest BCUT2D eigenvalue weighted by molar-refractivity contribution is -0.114. The van der Waals surface area contributed by atoms with Gasteiger partial charge in [-0.3, -0.25) is 4.79 Å². The zero-order valence-electron chi connectivity index (χ0n) is 17.0. The number of amides is 1. The fourth-order valence-corrected chi connectivity index (χ4v) is 2.88. The largest absolute Gasteiger partial charge is 0.494 e. The van der Waals surface area contributed by atoms with Crippen LogP contribution in [0.5, 0.6) is 5.75 Å². The number of hydrogen-bond donors (Lipinski definition) is 2. The second-order valence-corrected chi connectivity index (χ2v) is 7.22. The van der Waals surface area contributed by atoms with Gasteiger partial charge >= 0.3 is 0 Å². The van der Waals surface area contributed by atoms with Crippen molar-refractivity contribution in [3.05, 3.63) is 59.4 Å². The van der Waals surface area contributed by atoms with Crippen LogP contribution >= 0.6 is 11.6 Å². The summed E-state index contributed by atoms with van der Waals surface area (Å²) in [5.74, 6) is -1.68. The fourth-order valence-electron chi connectivity index (χ4n) is 2.70. The highest BCUT2D eigenvalue weighted by molar-refractivity contribution is 6.31. The quantitative estimate of drug-likeness (QED) is 0.518. The Kier molecular flexibility index (Phi) is 6.98. The zero-order chi connectivity index (χ0) is 22.5. The molecule has 0 unspecified atom stereocenters. The molecule has 1 amide bonds. The van der Waals surface area contributed by atoms with Gasteiger partial charge in [0.05, 0.1) is 23.3 Å². The van der Waals surface area contributed by atoms with Gasteiger partial charge in [0.15, 0.2) is 5.83 Å². The number of halogens is 3. The monoisotopic (exact) mass is 447 g/mol. The lowest BCUT2D eigenvalue weighted by Gasteiger charge is -2.14. The van der Waals surface area contributed by atoms with Gasteiger partial charge in [-0.25, -0.2) is 18.7 Å². The summed E-state index contributed by atoms with van der Waals surface area (Å²) >= 11 is 5.84. The Hall–Kier alpha value is -3.30. The van der Waals surface area contributed by atoms with Crippen LogP contribution in [0.3, 0.4) is 0 Å². The summed E-state index contributed by atoms with van der Waals surface area (Å²) in [5.41, 5.74) is 1.26. The van der Waals surface area contributed by atoms with Crippen LogP contribution in [-0.4, -0.2) is 48.5 Å². The third-order valence-electron chi connectivity index (χ3n) is 4.24. The average molecular weight is 448 g/mol. The van der Waals surface area contributed by atoms with Crippen LogP contribution in [0.1, 0.15) is 0 Å².